The number of anilines is 6. The summed E-state index contributed by atoms with van der Waals surface area (Å²) in [5.74, 6) is 0. The molecule has 0 N–H and O–H groups in total. The van der Waals surface area contributed by atoms with Crippen molar-refractivity contribution in [2.75, 3.05) is 9.80 Å². The smallest absolute Gasteiger partial charge is 0.0542 e. The highest BCUT2D eigenvalue weighted by atomic mass is 15.2. The topological polar surface area (TPSA) is 16.3 Å². The first-order chi connectivity index (χ1) is 41.5. The Morgan fingerprint density at radius 2 is 0.548 bits per heavy atom. The molecule has 0 bridgehead atoms. The maximum atomic E-state index is 2.45. The second-order valence-electron chi connectivity index (χ2n) is 22.0. The van der Waals surface area contributed by atoms with E-state index in [1.54, 1.807) is 0 Å². The Hall–Kier alpha value is -10.9. The molecule has 0 spiro atoms. The van der Waals surface area contributed by atoms with Gasteiger partial charge in [0, 0.05) is 55.7 Å². The number of benzene rings is 13. The molecule has 4 heteroatoms. The van der Waals surface area contributed by atoms with E-state index in [4.69, 9.17) is 0 Å². The van der Waals surface area contributed by atoms with E-state index in [0.717, 1.165) is 89.8 Å². The van der Waals surface area contributed by atoms with Crippen LogP contribution < -0.4 is 9.80 Å². The van der Waals surface area contributed by atoms with Gasteiger partial charge >= 0.3 is 0 Å². The minimum absolute atomic E-state index is 1.07. The maximum absolute atomic E-state index is 2.45. The van der Waals surface area contributed by atoms with Crippen LogP contribution in [0.5, 0.6) is 0 Å². The third-order valence-electron chi connectivity index (χ3n) is 16.6. The Kier molecular flexibility index (Phi) is 12.6. The quantitative estimate of drug-likeness (QED) is 0.121. The molecule has 13 aromatic carbocycles. The largest absolute Gasteiger partial charge is 0.310 e. The van der Waals surface area contributed by atoms with Crippen molar-refractivity contribution in [3.63, 3.8) is 0 Å². The Labute approximate surface area is 490 Å². The molecule has 2 aromatic heterocycles. The normalized spacial score (nSPS) is 11.5. The molecular formula is C80H58N4. The standard InChI is InChI=1S/C80H58N4/c1-55-27-31-63(32-28-55)77-51-65-53-80-66(54-79(65)83(77)71-47-43-69(44-48-71)81(75-25-13-21-61-19-9-11-23-73(61)75)67-39-35-59(36-40-67)57-15-5-3-6-16-57)52-78(64-33-29-56(2)30-34-64)84(80)72-49-45-70(46-50-72)82(76-26-14-22-62-20-10-12-24-74(62)76)68-41-37-60(38-42-68)58-17-7-4-8-18-58/h3-54H,1-2H3. The van der Waals surface area contributed by atoms with Crippen LogP contribution in [0.4, 0.5) is 34.1 Å². The third-order valence-corrected chi connectivity index (χ3v) is 16.6. The van der Waals surface area contributed by atoms with E-state index in [2.05, 4.69) is 348 Å². The van der Waals surface area contributed by atoms with E-state index in [-0.39, 0.29) is 0 Å². The second-order valence-corrected chi connectivity index (χ2v) is 22.0. The van der Waals surface area contributed by atoms with E-state index < -0.39 is 0 Å². The van der Waals surface area contributed by atoms with Crippen LogP contribution in [0, 0.1) is 13.8 Å². The molecule has 15 aromatic rings. The average Bonchev–Trinajstić information content (AvgIpc) is 2.67. The first-order valence-electron chi connectivity index (χ1n) is 28.9. The zero-order valence-corrected chi connectivity index (χ0v) is 46.8. The Morgan fingerprint density at radius 3 is 0.929 bits per heavy atom. The number of rotatable bonds is 12. The van der Waals surface area contributed by atoms with Gasteiger partial charge in [0.1, 0.15) is 0 Å². The molecule has 2 heterocycles. The Morgan fingerprint density at radius 1 is 0.238 bits per heavy atom. The van der Waals surface area contributed by atoms with Crippen LogP contribution in [0.15, 0.2) is 315 Å². The van der Waals surface area contributed by atoms with Gasteiger partial charge in [0.05, 0.1) is 33.8 Å². The summed E-state index contributed by atoms with van der Waals surface area (Å²) in [6.07, 6.45) is 0. The first kappa shape index (κ1) is 50.1. The second kappa shape index (κ2) is 21.2. The molecule has 0 aliphatic carbocycles. The van der Waals surface area contributed by atoms with E-state index in [9.17, 15) is 0 Å². The number of fused-ring (bicyclic) bond motifs is 4. The summed E-state index contributed by atoms with van der Waals surface area (Å²) in [5.41, 5.74) is 22.8. The van der Waals surface area contributed by atoms with Gasteiger partial charge in [-0.1, -0.05) is 217 Å². The molecule has 0 unspecified atom stereocenters. The summed E-state index contributed by atoms with van der Waals surface area (Å²) >= 11 is 0. The van der Waals surface area contributed by atoms with Gasteiger partial charge in [0.2, 0.25) is 0 Å². The molecule has 84 heavy (non-hydrogen) atoms. The summed E-state index contributed by atoms with van der Waals surface area (Å²) < 4.78 is 4.90. The van der Waals surface area contributed by atoms with Crippen molar-refractivity contribution in [2.24, 2.45) is 0 Å². The van der Waals surface area contributed by atoms with Gasteiger partial charge in [0.25, 0.3) is 0 Å². The van der Waals surface area contributed by atoms with Gasteiger partial charge in [-0.3, -0.25) is 0 Å². The molecule has 0 saturated carbocycles. The van der Waals surface area contributed by atoms with Crippen molar-refractivity contribution >= 4 is 77.5 Å². The number of hydrogen-bond acceptors (Lipinski definition) is 2. The van der Waals surface area contributed by atoms with Gasteiger partial charge in [-0.25, -0.2) is 0 Å². The average molecular weight is 1080 g/mol. The zero-order chi connectivity index (χ0) is 56.1. The number of aryl methyl sites for hydroxylation is 2. The summed E-state index contributed by atoms with van der Waals surface area (Å²) in [6, 6.07) is 115. The van der Waals surface area contributed by atoms with E-state index in [0.29, 0.717) is 0 Å². The summed E-state index contributed by atoms with van der Waals surface area (Å²) in [6.45, 7) is 4.31. The molecule has 0 aliphatic heterocycles. The van der Waals surface area contributed by atoms with Crippen LogP contribution in [0.1, 0.15) is 11.1 Å². The minimum Gasteiger partial charge on any atom is -0.310 e. The van der Waals surface area contributed by atoms with Crippen molar-refractivity contribution < 1.29 is 0 Å². The SMILES string of the molecule is Cc1ccc(-c2cc3cc4c(cc(-c5ccc(C)cc5)n4-c4ccc(N(c5ccc(-c6ccccc6)cc5)c5cccc6ccccc56)cc4)cc3n2-c2ccc(N(c3ccc(-c4ccccc4)cc3)c3cccc4ccccc34)cc2)cc1. The predicted molar refractivity (Wildman–Crippen MR) is 356 cm³/mol. The Bertz CT molecular complexity index is 4520. The minimum atomic E-state index is 1.07. The van der Waals surface area contributed by atoms with Crippen molar-refractivity contribution in [1.82, 2.24) is 9.13 Å². The molecule has 0 saturated heterocycles. The molecule has 0 aliphatic rings. The van der Waals surface area contributed by atoms with Crippen LogP contribution in [0.25, 0.3) is 99.5 Å². The van der Waals surface area contributed by atoms with Gasteiger partial charge < -0.3 is 18.9 Å². The van der Waals surface area contributed by atoms with Crippen LogP contribution in [0.2, 0.25) is 0 Å². The monoisotopic (exact) mass is 1070 g/mol. The molecule has 398 valence electrons. The molecule has 15 rings (SSSR count). The highest BCUT2D eigenvalue weighted by Crippen LogP contribution is 2.44. The van der Waals surface area contributed by atoms with E-state index in [1.165, 1.54) is 54.9 Å². The van der Waals surface area contributed by atoms with Crippen molar-refractivity contribution in [2.45, 2.75) is 13.8 Å². The summed E-state index contributed by atoms with van der Waals surface area (Å²) in [5, 5.41) is 7.10. The van der Waals surface area contributed by atoms with Gasteiger partial charge in [-0.2, -0.15) is 0 Å². The zero-order valence-electron chi connectivity index (χ0n) is 46.8. The van der Waals surface area contributed by atoms with Crippen LogP contribution in [-0.2, 0) is 0 Å². The summed E-state index contributed by atoms with van der Waals surface area (Å²) in [4.78, 5) is 4.79. The molecule has 4 nitrogen and oxygen atoms in total. The molecule has 0 amide bonds. The van der Waals surface area contributed by atoms with E-state index in [1.807, 2.05) is 0 Å². The molecule has 0 atom stereocenters. The lowest BCUT2D eigenvalue weighted by Crippen LogP contribution is -2.10. The van der Waals surface area contributed by atoms with Gasteiger partial charge in [0.15, 0.2) is 0 Å². The lowest BCUT2D eigenvalue weighted by molar-refractivity contribution is 1.13. The first-order valence-corrected chi connectivity index (χ1v) is 28.9. The van der Waals surface area contributed by atoms with Crippen LogP contribution in [0.3, 0.4) is 0 Å². The highest BCUT2D eigenvalue weighted by molar-refractivity contribution is 6.04. The lowest BCUT2D eigenvalue weighted by Gasteiger charge is -2.27. The predicted octanol–water partition coefficient (Wildman–Crippen LogP) is 22.1. The van der Waals surface area contributed by atoms with Crippen LogP contribution >= 0.6 is 0 Å². The number of aromatic nitrogens is 2. The van der Waals surface area contributed by atoms with Crippen LogP contribution in [-0.4, -0.2) is 9.13 Å². The van der Waals surface area contributed by atoms with Gasteiger partial charge in [-0.05, 0) is 167 Å². The van der Waals surface area contributed by atoms with Gasteiger partial charge in [-0.15, -0.1) is 0 Å². The Balaban J connectivity index is 0.866. The fourth-order valence-electron chi connectivity index (χ4n) is 12.4. The molecule has 0 fully saturated rings. The number of nitrogens with zero attached hydrogens (tertiary/aromatic N) is 4. The number of hydrogen-bond donors (Lipinski definition) is 0. The van der Waals surface area contributed by atoms with Crippen molar-refractivity contribution in [1.29, 1.82) is 0 Å². The fourth-order valence-corrected chi connectivity index (χ4v) is 12.4. The molecule has 0 radical (unpaired) electrons. The third kappa shape index (κ3) is 9.17. The van der Waals surface area contributed by atoms with Crippen molar-refractivity contribution in [3.05, 3.63) is 327 Å². The lowest BCUT2D eigenvalue weighted by atomic mass is 10.0. The molecular weight excluding hydrogens is 1020 g/mol. The highest BCUT2D eigenvalue weighted by Gasteiger charge is 2.22. The maximum Gasteiger partial charge on any atom is 0.0542 e. The van der Waals surface area contributed by atoms with E-state index >= 15 is 0 Å². The summed E-state index contributed by atoms with van der Waals surface area (Å²) in [7, 11) is 0. The van der Waals surface area contributed by atoms with Crippen molar-refractivity contribution in [3.8, 4) is 56.1 Å². The fraction of sp³-hybridized carbons (Fsp3) is 0.0250.